The van der Waals surface area contributed by atoms with Gasteiger partial charge >= 0.3 is 0 Å². The minimum atomic E-state index is -0.416. The molecular formula is C16H17ClFNO2. The van der Waals surface area contributed by atoms with Crippen molar-refractivity contribution < 1.29 is 13.9 Å². The van der Waals surface area contributed by atoms with E-state index >= 15 is 0 Å². The number of nitrogens with one attached hydrogen (secondary N) is 1. The molecule has 0 aromatic heterocycles. The summed E-state index contributed by atoms with van der Waals surface area (Å²) in [5.41, 5.74) is 0.728. The Labute approximate surface area is 128 Å². The average Bonchev–Trinajstić information content (AvgIpc) is 2.49. The lowest BCUT2D eigenvalue weighted by molar-refractivity contribution is 0.199. The van der Waals surface area contributed by atoms with Gasteiger partial charge in [-0.15, -0.1) is 0 Å². The number of benzene rings is 2. The van der Waals surface area contributed by atoms with E-state index in [0.29, 0.717) is 30.5 Å². The van der Waals surface area contributed by atoms with Gasteiger partial charge in [0.1, 0.15) is 5.75 Å². The van der Waals surface area contributed by atoms with Gasteiger partial charge in [0.15, 0.2) is 11.6 Å². The van der Waals surface area contributed by atoms with E-state index in [0.717, 1.165) is 5.56 Å². The van der Waals surface area contributed by atoms with Crippen LogP contribution >= 0.6 is 11.6 Å². The lowest BCUT2D eigenvalue weighted by Gasteiger charge is -2.13. The van der Waals surface area contributed by atoms with Gasteiger partial charge in [-0.1, -0.05) is 35.9 Å². The number of para-hydroxylation sites is 2. The van der Waals surface area contributed by atoms with Crippen LogP contribution in [0.2, 0.25) is 5.02 Å². The van der Waals surface area contributed by atoms with Crippen molar-refractivity contribution in [3.05, 3.63) is 58.9 Å². The van der Waals surface area contributed by atoms with E-state index in [4.69, 9.17) is 21.1 Å². The van der Waals surface area contributed by atoms with Crippen molar-refractivity contribution in [2.24, 2.45) is 0 Å². The summed E-state index contributed by atoms with van der Waals surface area (Å²) >= 11 is 6.04. The van der Waals surface area contributed by atoms with Crippen molar-refractivity contribution in [3.8, 4) is 11.5 Å². The Bertz CT molecular complexity index is 592. The largest absolute Gasteiger partial charge is 0.452 e. The molecule has 0 aliphatic rings. The average molecular weight is 310 g/mol. The van der Waals surface area contributed by atoms with Crippen molar-refractivity contribution in [1.82, 2.24) is 5.32 Å². The van der Waals surface area contributed by atoms with Gasteiger partial charge in [0.25, 0.3) is 0 Å². The van der Waals surface area contributed by atoms with Crippen LogP contribution in [0.25, 0.3) is 0 Å². The van der Waals surface area contributed by atoms with Gasteiger partial charge in [0, 0.05) is 25.8 Å². The highest BCUT2D eigenvalue weighted by atomic mass is 35.5. The summed E-state index contributed by atoms with van der Waals surface area (Å²) in [4.78, 5) is 0. The van der Waals surface area contributed by atoms with Gasteiger partial charge in [-0.2, -0.15) is 0 Å². The lowest BCUT2D eigenvalue weighted by Crippen LogP contribution is -2.19. The monoisotopic (exact) mass is 309 g/mol. The van der Waals surface area contributed by atoms with Crippen molar-refractivity contribution >= 4 is 11.6 Å². The summed E-state index contributed by atoms with van der Waals surface area (Å²) in [6, 6.07) is 11.8. The quantitative estimate of drug-likeness (QED) is 0.784. The number of methoxy groups -OCH3 is 1. The summed E-state index contributed by atoms with van der Waals surface area (Å²) in [7, 11) is 1.63. The van der Waals surface area contributed by atoms with Crippen LogP contribution in [-0.2, 0) is 11.3 Å². The van der Waals surface area contributed by atoms with Gasteiger partial charge in [-0.25, -0.2) is 4.39 Å². The molecule has 0 fully saturated rings. The molecule has 0 saturated heterocycles. The Hall–Kier alpha value is -1.62. The fourth-order valence-electron chi connectivity index (χ4n) is 1.84. The number of hydrogen-bond acceptors (Lipinski definition) is 3. The van der Waals surface area contributed by atoms with Gasteiger partial charge in [0.2, 0.25) is 0 Å². The summed E-state index contributed by atoms with van der Waals surface area (Å²) in [5, 5.41) is 3.61. The predicted octanol–water partition coefficient (Wildman–Crippen LogP) is 4.01. The maximum absolute atomic E-state index is 14.0. The van der Waals surface area contributed by atoms with E-state index in [1.807, 2.05) is 6.07 Å². The first-order chi connectivity index (χ1) is 10.2. The molecule has 0 aliphatic carbocycles. The standard InChI is InChI=1S/C16H17ClFNO2/c1-20-10-9-19-11-12-5-4-7-14(18)16(12)21-15-8-3-2-6-13(15)17/h2-8,19H,9-11H2,1H3. The Morgan fingerprint density at radius 2 is 1.95 bits per heavy atom. The van der Waals surface area contributed by atoms with Gasteiger partial charge in [-0.3, -0.25) is 0 Å². The molecule has 0 spiro atoms. The zero-order valence-electron chi connectivity index (χ0n) is 11.7. The zero-order chi connectivity index (χ0) is 15.1. The minimum Gasteiger partial charge on any atom is -0.452 e. The molecule has 5 heteroatoms. The van der Waals surface area contributed by atoms with Crippen molar-refractivity contribution in [2.45, 2.75) is 6.54 Å². The van der Waals surface area contributed by atoms with E-state index < -0.39 is 5.82 Å². The molecular weight excluding hydrogens is 293 g/mol. The van der Waals surface area contributed by atoms with E-state index in [1.165, 1.54) is 6.07 Å². The third-order valence-corrected chi connectivity index (χ3v) is 3.21. The Kier molecular flexibility index (Phi) is 5.99. The Morgan fingerprint density at radius 1 is 1.14 bits per heavy atom. The Balaban J connectivity index is 2.16. The molecule has 3 nitrogen and oxygen atoms in total. The molecule has 2 aromatic carbocycles. The molecule has 0 atom stereocenters. The third kappa shape index (κ3) is 4.43. The highest BCUT2D eigenvalue weighted by molar-refractivity contribution is 6.32. The molecule has 0 saturated carbocycles. The second kappa shape index (κ2) is 7.98. The summed E-state index contributed by atoms with van der Waals surface area (Å²) in [6.45, 7) is 1.76. The molecule has 0 bridgehead atoms. The Morgan fingerprint density at radius 3 is 2.71 bits per heavy atom. The molecule has 1 N–H and O–H groups in total. The topological polar surface area (TPSA) is 30.5 Å². The van der Waals surface area contributed by atoms with Crippen LogP contribution in [0.15, 0.2) is 42.5 Å². The smallest absolute Gasteiger partial charge is 0.167 e. The highest BCUT2D eigenvalue weighted by Crippen LogP contribution is 2.32. The van der Waals surface area contributed by atoms with Crippen LogP contribution in [0, 0.1) is 5.82 Å². The van der Waals surface area contributed by atoms with E-state index in [2.05, 4.69) is 5.32 Å². The van der Waals surface area contributed by atoms with Crippen molar-refractivity contribution in [2.75, 3.05) is 20.3 Å². The number of rotatable bonds is 7. The number of halogens is 2. The van der Waals surface area contributed by atoms with Crippen molar-refractivity contribution in [3.63, 3.8) is 0 Å². The predicted molar refractivity (Wildman–Crippen MR) is 81.5 cm³/mol. The summed E-state index contributed by atoms with van der Waals surface area (Å²) in [5.74, 6) is 0.207. The molecule has 0 aliphatic heterocycles. The van der Waals surface area contributed by atoms with Crippen LogP contribution in [0.3, 0.4) is 0 Å². The van der Waals surface area contributed by atoms with E-state index in [9.17, 15) is 4.39 Å². The molecule has 112 valence electrons. The SMILES string of the molecule is COCCNCc1cccc(F)c1Oc1ccccc1Cl. The normalized spacial score (nSPS) is 10.6. The van der Waals surface area contributed by atoms with Gasteiger partial charge < -0.3 is 14.8 Å². The second-order valence-electron chi connectivity index (χ2n) is 4.43. The molecule has 0 unspecified atom stereocenters. The zero-order valence-corrected chi connectivity index (χ0v) is 12.5. The van der Waals surface area contributed by atoms with Crippen LogP contribution in [0.4, 0.5) is 4.39 Å². The first kappa shape index (κ1) is 15.8. The first-order valence-corrected chi connectivity index (χ1v) is 6.99. The van der Waals surface area contributed by atoms with Gasteiger partial charge in [-0.05, 0) is 18.2 Å². The van der Waals surface area contributed by atoms with Crippen LogP contribution < -0.4 is 10.1 Å². The van der Waals surface area contributed by atoms with E-state index in [1.54, 1.807) is 37.4 Å². The summed E-state index contributed by atoms with van der Waals surface area (Å²) < 4.78 is 24.6. The summed E-state index contributed by atoms with van der Waals surface area (Å²) in [6.07, 6.45) is 0. The van der Waals surface area contributed by atoms with Gasteiger partial charge in [0.05, 0.1) is 11.6 Å². The number of ether oxygens (including phenoxy) is 2. The number of hydrogen-bond donors (Lipinski definition) is 1. The molecule has 0 heterocycles. The molecule has 2 rings (SSSR count). The van der Waals surface area contributed by atoms with E-state index in [-0.39, 0.29) is 5.75 Å². The van der Waals surface area contributed by atoms with Crippen LogP contribution in [0.5, 0.6) is 11.5 Å². The van der Waals surface area contributed by atoms with Crippen LogP contribution in [0.1, 0.15) is 5.56 Å². The lowest BCUT2D eigenvalue weighted by atomic mass is 10.2. The maximum Gasteiger partial charge on any atom is 0.167 e. The first-order valence-electron chi connectivity index (χ1n) is 6.62. The maximum atomic E-state index is 14.0. The van der Waals surface area contributed by atoms with Crippen LogP contribution in [-0.4, -0.2) is 20.3 Å². The highest BCUT2D eigenvalue weighted by Gasteiger charge is 2.12. The molecule has 0 amide bonds. The minimum absolute atomic E-state index is 0.190. The molecule has 2 aromatic rings. The fraction of sp³-hybridized carbons (Fsp3) is 0.250. The third-order valence-electron chi connectivity index (χ3n) is 2.90. The molecule has 21 heavy (non-hydrogen) atoms. The van der Waals surface area contributed by atoms with Crippen molar-refractivity contribution in [1.29, 1.82) is 0 Å². The fourth-order valence-corrected chi connectivity index (χ4v) is 2.02. The molecule has 0 radical (unpaired) electrons. The second-order valence-corrected chi connectivity index (χ2v) is 4.84.